The van der Waals surface area contributed by atoms with Gasteiger partial charge in [-0.2, -0.15) is 0 Å². The monoisotopic (exact) mass is 297 g/mol. The molecule has 1 aliphatic heterocycles. The number of rotatable bonds is 6. The fourth-order valence-electron chi connectivity index (χ4n) is 2.65. The summed E-state index contributed by atoms with van der Waals surface area (Å²) in [5.74, 6) is -0.400. The van der Waals surface area contributed by atoms with Gasteiger partial charge in [0, 0.05) is 13.5 Å². The molecule has 0 spiro atoms. The van der Waals surface area contributed by atoms with Crippen LogP contribution in [0.15, 0.2) is 0 Å². The van der Waals surface area contributed by atoms with Crippen molar-refractivity contribution in [3.05, 3.63) is 0 Å². The molecule has 1 fully saturated rings. The Labute approximate surface area is 126 Å². The maximum Gasteiger partial charge on any atom is 0.252 e. The van der Waals surface area contributed by atoms with Crippen LogP contribution in [-0.4, -0.2) is 42.3 Å². The lowest BCUT2D eigenvalue weighted by Crippen LogP contribution is -2.40. The van der Waals surface area contributed by atoms with Gasteiger partial charge in [0.1, 0.15) is 6.04 Å². The lowest BCUT2D eigenvalue weighted by atomic mass is 9.76. The van der Waals surface area contributed by atoms with Crippen LogP contribution in [0.4, 0.5) is 0 Å². The third kappa shape index (κ3) is 4.81. The molecule has 21 heavy (non-hydrogen) atoms. The van der Waals surface area contributed by atoms with Crippen molar-refractivity contribution in [2.45, 2.75) is 52.5 Å². The van der Waals surface area contributed by atoms with Gasteiger partial charge >= 0.3 is 0 Å². The Morgan fingerprint density at radius 1 is 1.38 bits per heavy atom. The van der Waals surface area contributed by atoms with Crippen LogP contribution in [0.3, 0.4) is 0 Å². The fourth-order valence-corrected chi connectivity index (χ4v) is 2.65. The highest BCUT2D eigenvalue weighted by molar-refractivity contribution is 6.06. The average molecular weight is 297 g/mol. The number of nitrogens with zero attached hydrogens (tertiary/aromatic N) is 1. The highest BCUT2D eigenvalue weighted by atomic mass is 16.2. The van der Waals surface area contributed by atoms with E-state index in [4.69, 9.17) is 5.73 Å². The summed E-state index contributed by atoms with van der Waals surface area (Å²) < 4.78 is 0. The molecular formula is C15H27N3O3. The van der Waals surface area contributed by atoms with E-state index in [0.717, 1.165) is 17.7 Å². The molecule has 6 nitrogen and oxygen atoms in total. The number of nitrogens with two attached hydrogens (primary N) is 1. The zero-order chi connectivity index (χ0) is 16.2. The van der Waals surface area contributed by atoms with Crippen molar-refractivity contribution in [3.8, 4) is 0 Å². The second kappa shape index (κ2) is 7.02. The standard InChI is InChI=1S/C15H27N3O3/c1-15(2,3)10(7-8-16)5-6-12(19)17-11-9-13(20)18(4)14(11)21/h10-11H,5-9,16H2,1-4H3,(H,17,19). The summed E-state index contributed by atoms with van der Waals surface area (Å²) in [6, 6.07) is -0.697. The quantitative estimate of drug-likeness (QED) is 0.704. The van der Waals surface area contributed by atoms with Gasteiger partial charge in [-0.05, 0) is 30.7 Å². The molecule has 2 atom stereocenters. The lowest BCUT2D eigenvalue weighted by Gasteiger charge is -2.30. The molecule has 1 rings (SSSR count). The zero-order valence-electron chi connectivity index (χ0n) is 13.4. The van der Waals surface area contributed by atoms with E-state index >= 15 is 0 Å². The van der Waals surface area contributed by atoms with Crippen molar-refractivity contribution in [2.24, 2.45) is 17.1 Å². The highest BCUT2D eigenvalue weighted by Crippen LogP contribution is 2.32. The van der Waals surface area contributed by atoms with Gasteiger partial charge in [0.25, 0.3) is 5.91 Å². The van der Waals surface area contributed by atoms with E-state index in [0.29, 0.717) is 18.9 Å². The molecule has 0 aromatic carbocycles. The number of amides is 3. The van der Waals surface area contributed by atoms with Crippen molar-refractivity contribution < 1.29 is 14.4 Å². The minimum atomic E-state index is -0.697. The van der Waals surface area contributed by atoms with Crippen molar-refractivity contribution in [3.63, 3.8) is 0 Å². The number of hydrogen-bond acceptors (Lipinski definition) is 4. The van der Waals surface area contributed by atoms with Crippen LogP contribution in [0.1, 0.15) is 46.5 Å². The summed E-state index contributed by atoms with van der Waals surface area (Å²) in [6.45, 7) is 7.02. The number of carbonyl (C=O) groups excluding carboxylic acids is 3. The van der Waals surface area contributed by atoms with Crippen LogP contribution in [0.25, 0.3) is 0 Å². The molecule has 1 heterocycles. The Hall–Kier alpha value is -1.43. The van der Waals surface area contributed by atoms with E-state index in [1.807, 2.05) is 0 Å². The van der Waals surface area contributed by atoms with Crippen LogP contribution < -0.4 is 11.1 Å². The van der Waals surface area contributed by atoms with E-state index in [9.17, 15) is 14.4 Å². The molecular weight excluding hydrogens is 270 g/mol. The van der Waals surface area contributed by atoms with E-state index in [1.165, 1.54) is 7.05 Å². The normalized spacial score (nSPS) is 20.8. The Morgan fingerprint density at radius 3 is 2.43 bits per heavy atom. The molecule has 0 saturated carbocycles. The summed E-state index contributed by atoms with van der Waals surface area (Å²) in [4.78, 5) is 36.2. The zero-order valence-corrected chi connectivity index (χ0v) is 13.4. The first-order valence-electron chi connectivity index (χ1n) is 7.46. The molecule has 0 radical (unpaired) electrons. The molecule has 2 unspecified atom stereocenters. The first-order valence-corrected chi connectivity index (χ1v) is 7.46. The molecule has 3 amide bonds. The Morgan fingerprint density at radius 2 is 2.00 bits per heavy atom. The summed E-state index contributed by atoms with van der Waals surface area (Å²) >= 11 is 0. The van der Waals surface area contributed by atoms with Crippen molar-refractivity contribution in [2.75, 3.05) is 13.6 Å². The number of likely N-dealkylation sites (tertiary alicyclic amines) is 1. The van der Waals surface area contributed by atoms with Crippen LogP contribution in [0.5, 0.6) is 0 Å². The smallest absolute Gasteiger partial charge is 0.252 e. The van der Waals surface area contributed by atoms with E-state index in [1.54, 1.807) is 0 Å². The van der Waals surface area contributed by atoms with Gasteiger partial charge in [-0.25, -0.2) is 0 Å². The van der Waals surface area contributed by atoms with Gasteiger partial charge in [-0.3, -0.25) is 19.3 Å². The number of imide groups is 1. The maximum atomic E-state index is 12.0. The largest absolute Gasteiger partial charge is 0.344 e. The van der Waals surface area contributed by atoms with Crippen molar-refractivity contribution in [1.82, 2.24) is 10.2 Å². The number of nitrogens with one attached hydrogen (secondary N) is 1. The van der Waals surface area contributed by atoms with E-state index in [-0.39, 0.29) is 29.6 Å². The molecule has 0 bridgehead atoms. The van der Waals surface area contributed by atoms with E-state index in [2.05, 4.69) is 26.1 Å². The number of hydrogen-bond donors (Lipinski definition) is 2. The van der Waals surface area contributed by atoms with E-state index < -0.39 is 6.04 Å². The Kier molecular flexibility index (Phi) is 5.89. The van der Waals surface area contributed by atoms with Crippen LogP contribution in [0, 0.1) is 11.3 Å². The highest BCUT2D eigenvalue weighted by Gasteiger charge is 2.37. The molecule has 1 aliphatic rings. The molecule has 3 N–H and O–H groups in total. The number of likely N-dealkylation sites (N-methyl/N-ethyl adjacent to an activating group) is 1. The van der Waals surface area contributed by atoms with Crippen LogP contribution in [-0.2, 0) is 14.4 Å². The molecule has 0 aliphatic carbocycles. The van der Waals surface area contributed by atoms with Crippen LogP contribution >= 0.6 is 0 Å². The Bertz CT molecular complexity index is 415. The van der Waals surface area contributed by atoms with Crippen molar-refractivity contribution in [1.29, 1.82) is 0 Å². The lowest BCUT2D eigenvalue weighted by molar-refractivity contribution is -0.138. The van der Waals surface area contributed by atoms with Gasteiger partial charge in [0.15, 0.2) is 0 Å². The van der Waals surface area contributed by atoms with Crippen LogP contribution in [0.2, 0.25) is 0 Å². The van der Waals surface area contributed by atoms with Gasteiger partial charge in [-0.1, -0.05) is 20.8 Å². The minimum Gasteiger partial charge on any atom is -0.344 e. The molecule has 0 aromatic rings. The summed E-state index contributed by atoms with van der Waals surface area (Å²) in [5, 5.41) is 2.66. The predicted octanol–water partition coefficient (Wildman–Crippen LogP) is 0.651. The average Bonchev–Trinajstić information content (AvgIpc) is 2.61. The first-order chi connectivity index (χ1) is 9.66. The first kappa shape index (κ1) is 17.6. The van der Waals surface area contributed by atoms with Gasteiger partial charge in [0.2, 0.25) is 11.8 Å². The molecule has 1 saturated heterocycles. The third-order valence-electron chi connectivity index (χ3n) is 4.18. The fraction of sp³-hybridized carbons (Fsp3) is 0.800. The second-order valence-electron chi connectivity index (χ2n) is 6.79. The van der Waals surface area contributed by atoms with Gasteiger partial charge < -0.3 is 11.1 Å². The topological polar surface area (TPSA) is 92.5 Å². The summed E-state index contributed by atoms with van der Waals surface area (Å²) in [6.07, 6.45) is 2.02. The SMILES string of the molecule is CN1C(=O)CC(NC(=O)CCC(CCN)C(C)(C)C)C1=O. The molecule has 0 aromatic heterocycles. The Balaban J connectivity index is 2.47. The predicted molar refractivity (Wildman–Crippen MR) is 80.2 cm³/mol. The van der Waals surface area contributed by atoms with Gasteiger partial charge in [0.05, 0.1) is 6.42 Å². The number of carbonyl (C=O) groups is 3. The maximum absolute atomic E-state index is 12.0. The molecule has 120 valence electrons. The van der Waals surface area contributed by atoms with Gasteiger partial charge in [-0.15, -0.1) is 0 Å². The second-order valence-corrected chi connectivity index (χ2v) is 6.79. The molecule has 6 heteroatoms. The minimum absolute atomic E-state index is 0.0621. The summed E-state index contributed by atoms with van der Waals surface area (Å²) in [7, 11) is 1.44. The third-order valence-corrected chi connectivity index (χ3v) is 4.18. The van der Waals surface area contributed by atoms with Crippen molar-refractivity contribution >= 4 is 17.7 Å². The summed E-state index contributed by atoms with van der Waals surface area (Å²) in [5.41, 5.74) is 5.72.